The Kier molecular flexibility index (Phi) is 55.9. The molecular formula is C63H110O5. The van der Waals surface area contributed by atoms with Crippen LogP contribution in [0.4, 0.5) is 0 Å². The molecule has 0 aliphatic carbocycles. The third-order valence-electron chi connectivity index (χ3n) is 12.4. The summed E-state index contributed by atoms with van der Waals surface area (Å²) < 4.78 is 17.5. The Hall–Kier alpha value is -2.92. The van der Waals surface area contributed by atoms with Crippen molar-refractivity contribution in [3.63, 3.8) is 0 Å². The smallest absolute Gasteiger partial charge is 0.306 e. The minimum Gasteiger partial charge on any atom is -0.462 e. The third kappa shape index (κ3) is 55.7. The fraction of sp³-hybridized carbons (Fsp3) is 0.746. The van der Waals surface area contributed by atoms with Crippen LogP contribution in [0.3, 0.4) is 0 Å². The maximum atomic E-state index is 12.9. The van der Waals surface area contributed by atoms with Crippen molar-refractivity contribution >= 4 is 11.9 Å². The van der Waals surface area contributed by atoms with Crippen molar-refractivity contribution in [2.24, 2.45) is 0 Å². The lowest BCUT2D eigenvalue weighted by molar-refractivity contribution is -0.163. The Labute approximate surface area is 422 Å². The van der Waals surface area contributed by atoms with Crippen molar-refractivity contribution in [2.45, 2.75) is 284 Å². The molecule has 0 aromatic heterocycles. The highest BCUT2D eigenvalue weighted by Gasteiger charge is 2.17. The number of hydrogen-bond donors (Lipinski definition) is 0. The fourth-order valence-electron chi connectivity index (χ4n) is 8.06. The molecule has 1 unspecified atom stereocenters. The monoisotopic (exact) mass is 947 g/mol. The van der Waals surface area contributed by atoms with Crippen LogP contribution in [0.15, 0.2) is 85.1 Å². The molecule has 0 amide bonds. The van der Waals surface area contributed by atoms with E-state index in [2.05, 4.69) is 106 Å². The average Bonchev–Trinajstić information content (AvgIpc) is 3.34. The summed E-state index contributed by atoms with van der Waals surface area (Å²) in [6.07, 6.45) is 77.4. The lowest BCUT2D eigenvalue weighted by Crippen LogP contribution is -2.30. The van der Waals surface area contributed by atoms with E-state index in [9.17, 15) is 9.59 Å². The summed E-state index contributed by atoms with van der Waals surface area (Å²) in [4.78, 5) is 25.5. The van der Waals surface area contributed by atoms with Crippen LogP contribution in [0.25, 0.3) is 0 Å². The third-order valence-corrected chi connectivity index (χ3v) is 12.4. The van der Waals surface area contributed by atoms with E-state index >= 15 is 0 Å². The highest BCUT2D eigenvalue weighted by molar-refractivity contribution is 5.70. The summed E-state index contributed by atoms with van der Waals surface area (Å²) in [6, 6.07) is 0. The van der Waals surface area contributed by atoms with Gasteiger partial charge in [-0.15, -0.1) is 0 Å². The number of allylic oxidation sites excluding steroid dienone is 14. The molecule has 0 saturated heterocycles. The van der Waals surface area contributed by atoms with Gasteiger partial charge in [-0.3, -0.25) is 9.59 Å². The summed E-state index contributed by atoms with van der Waals surface area (Å²) in [7, 11) is 0. The van der Waals surface area contributed by atoms with Gasteiger partial charge in [0.15, 0.2) is 6.10 Å². The highest BCUT2D eigenvalue weighted by Crippen LogP contribution is 2.15. The topological polar surface area (TPSA) is 61.8 Å². The number of carbonyl (C=O) groups is 2. The van der Waals surface area contributed by atoms with E-state index in [1.807, 2.05) is 0 Å². The lowest BCUT2D eigenvalue weighted by Gasteiger charge is -2.18. The normalized spacial score (nSPS) is 12.8. The van der Waals surface area contributed by atoms with Crippen LogP contribution in [-0.2, 0) is 23.8 Å². The van der Waals surface area contributed by atoms with Crippen LogP contribution in [0.5, 0.6) is 0 Å². The molecule has 392 valence electrons. The molecule has 1 atom stereocenters. The summed E-state index contributed by atoms with van der Waals surface area (Å²) in [6.45, 7) is 7.63. The molecule has 0 aromatic carbocycles. The molecule has 0 bridgehead atoms. The first-order valence-corrected chi connectivity index (χ1v) is 29.1. The number of esters is 2. The van der Waals surface area contributed by atoms with Gasteiger partial charge >= 0.3 is 11.9 Å². The number of hydrogen-bond acceptors (Lipinski definition) is 5. The Morgan fingerprint density at radius 3 is 1.06 bits per heavy atom. The van der Waals surface area contributed by atoms with Gasteiger partial charge in [0.05, 0.1) is 6.61 Å². The average molecular weight is 948 g/mol. The maximum Gasteiger partial charge on any atom is 0.306 e. The van der Waals surface area contributed by atoms with E-state index < -0.39 is 6.10 Å². The van der Waals surface area contributed by atoms with E-state index in [1.165, 1.54) is 154 Å². The summed E-state index contributed by atoms with van der Waals surface area (Å²) >= 11 is 0. The second-order valence-corrected chi connectivity index (χ2v) is 19.2. The van der Waals surface area contributed by atoms with Gasteiger partial charge in [-0.25, -0.2) is 0 Å². The highest BCUT2D eigenvalue weighted by atomic mass is 16.6. The summed E-state index contributed by atoms with van der Waals surface area (Å²) in [5.41, 5.74) is 0. The molecule has 0 aliphatic rings. The van der Waals surface area contributed by atoms with Gasteiger partial charge in [-0.1, -0.05) is 234 Å². The second kappa shape index (κ2) is 58.4. The molecule has 0 fully saturated rings. The van der Waals surface area contributed by atoms with Gasteiger partial charge in [-0.05, 0) is 116 Å². The predicted octanol–water partition coefficient (Wildman–Crippen LogP) is 20.0. The van der Waals surface area contributed by atoms with Gasteiger partial charge < -0.3 is 14.2 Å². The molecule has 5 nitrogen and oxygen atoms in total. The minimum absolute atomic E-state index is 0.0698. The second-order valence-electron chi connectivity index (χ2n) is 19.2. The number of ether oxygens (including phenoxy) is 3. The zero-order valence-electron chi connectivity index (χ0n) is 45.1. The lowest BCUT2D eigenvalue weighted by atomic mass is 10.1. The molecule has 0 rings (SSSR count). The van der Waals surface area contributed by atoms with E-state index in [0.717, 1.165) is 89.9 Å². The standard InChI is InChI=1S/C63H110O5/c1-4-7-10-13-16-19-22-25-28-30-32-34-36-38-41-44-47-50-53-56-62(64)67-60-61(59-66-58-55-52-49-46-43-40-27-24-21-18-15-12-9-6-3)68-63(65)57-54-51-48-45-42-39-37-35-33-31-29-26-23-20-17-14-11-8-5-2/h9,12,16-21,25-29,40,61H,4-8,10-11,13-15,22-24,30-39,41-60H2,1-3H3/b12-9-,19-16-,20-17-,21-18-,28-25-,29-26-,40-27-. The molecule has 0 radical (unpaired) electrons. The molecule has 0 aromatic rings. The van der Waals surface area contributed by atoms with Crippen LogP contribution in [0, 0.1) is 0 Å². The van der Waals surface area contributed by atoms with Crippen molar-refractivity contribution < 1.29 is 23.8 Å². The molecule has 0 aliphatic heterocycles. The Bertz CT molecular complexity index is 1250. The number of rotatable bonds is 53. The molecule has 0 saturated carbocycles. The van der Waals surface area contributed by atoms with Gasteiger partial charge in [0, 0.05) is 19.4 Å². The zero-order chi connectivity index (χ0) is 49.2. The van der Waals surface area contributed by atoms with Gasteiger partial charge in [0.2, 0.25) is 0 Å². The van der Waals surface area contributed by atoms with Crippen LogP contribution in [-0.4, -0.2) is 37.9 Å². The first-order chi connectivity index (χ1) is 33.6. The van der Waals surface area contributed by atoms with Crippen LogP contribution >= 0.6 is 0 Å². The molecule has 0 N–H and O–H groups in total. The van der Waals surface area contributed by atoms with Crippen LogP contribution < -0.4 is 0 Å². The predicted molar refractivity (Wildman–Crippen MR) is 297 cm³/mol. The van der Waals surface area contributed by atoms with Crippen LogP contribution in [0.1, 0.15) is 278 Å². The van der Waals surface area contributed by atoms with E-state index in [1.54, 1.807) is 0 Å². The Morgan fingerprint density at radius 1 is 0.338 bits per heavy atom. The molecule has 68 heavy (non-hydrogen) atoms. The van der Waals surface area contributed by atoms with Crippen LogP contribution in [0.2, 0.25) is 0 Å². The summed E-state index contributed by atoms with van der Waals surface area (Å²) in [5, 5.41) is 0. The van der Waals surface area contributed by atoms with Crippen molar-refractivity contribution in [1.82, 2.24) is 0 Å². The Morgan fingerprint density at radius 2 is 0.662 bits per heavy atom. The van der Waals surface area contributed by atoms with Crippen molar-refractivity contribution in [3.8, 4) is 0 Å². The molecule has 5 heteroatoms. The largest absolute Gasteiger partial charge is 0.462 e. The van der Waals surface area contributed by atoms with E-state index in [4.69, 9.17) is 14.2 Å². The maximum absolute atomic E-state index is 12.9. The SMILES string of the molecule is CC/C=C\C/C=C\C/C=C\CCCCCCOCC(COC(=O)CCCCCCCCCCC/C=C\C/C=C\CCCCC)OC(=O)CCCCCCCCCCC/C=C\C/C=C\CCCCC. The van der Waals surface area contributed by atoms with E-state index in [0.29, 0.717) is 19.4 Å². The number of unbranched alkanes of at least 4 members (excludes halogenated alkanes) is 28. The van der Waals surface area contributed by atoms with Gasteiger partial charge in [0.1, 0.15) is 6.61 Å². The van der Waals surface area contributed by atoms with Crippen molar-refractivity contribution in [3.05, 3.63) is 85.1 Å². The summed E-state index contributed by atoms with van der Waals surface area (Å²) in [5.74, 6) is -0.414. The first-order valence-electron chi connectivity index (χ1n) is 29.1. The molecule has 0 spiro atoms. The zero-order valence-corrected chi connectivity index (χ0v) is 45.1. The molecular weight excluding hydrogens is 837 g/mol. The van der Waals surface area contributed by atoms with E-state index in [-0.39, 0.29) is 25.2 Å². The first kappa shape index (κ1) is 65.1. The van der Waals surface area contributed by atoms with Crippen molar-refractivity contribution in [1.29, 1.82) is 0 Å². The molecule has 0 heterocycles. The Balaban J connectivity index is 4.29. The number of carbonyl (C=O) groups excluding carboxylic acids is 2. The van der Waals surface area contributed by atoms with Gasteiger partial charge in [-0.2, -0.15) is 0 Å². The fourth-order valence-corrected chi connectivity index (χ4v) is 8.06. The van der Waals surface area contributed by atoms with Crippen molar-refractivity contribution in [2.75, 3.05) is 19.8 Å². The van der Waals surface area contributed by atoms with Gasteiger partial charge in [0.25, 0.3) is 0 Å². The minimum atomic E-state index is -0.556. The quantitative estimate of drug-likeness (QED) is 0.0345.